The van der Waals surface area contributed by atoms with Crippen LogP contribution >= 0.6 is 11.6 Å². The summed E-state index contributed by atoms with van der Waals surface area (Å²) in [6.45, 7) is 5.00. The number of aliphatic hydroxyl groups excluding tert-OH is 1. The van der Waals surface area contributed by atoms with Crippen LogP contribution in [0.3, 0.4) is 0 Å². The van der Waals surface area contributed by atoms with E-state index in [2.05, 4.69) is 10.5 Å². The topological polar surface area (TPSA) is 80.2 Å². The van der Waals surface area contributed by atoms with Gasteiger partial charge < -0.3 is 20.0 Å². The van der Waals surface area contributed by atoms with Crippen molar-refractivity contribution in [1.29, 1.82) is 0 Å². The van der Waals surface area contributed by atoms with E-state index in [9.17, 15) is 9.90 Å². The molecule has 1 heterocycles. The molecule has 17 heavy (non-hydrogen) atoms. The number of nitrogens with zero attached hydrogens (tertiary/aromatic N) is 1. The molecular formula is C10H17ClN2O4. The summed E-state index contributed by atoms with van der Waals surface area (Å²) in [5, 5.41) is 15.6. The Morgan fingerprint density at radius 1 is 1.76 bits per heavy atom. The number of nitrogens with one attached hydrogen (secondary N) is 1. The Balaban J connectivity index is 2.45. The molecule has 1 rings (SSSR count). The molecule has 6 nitrogen and oxygen atoms in total. The zero-order valence-electron chi connectivity index (χ0n) is 10.1. The van der Waals surface area contributed by atoms with E-state index in [0.717, 1.165) is 0 Å². The van der Waals surface area contributed by atoms with E-state index in [1.807, 2.05) is 0 Å². The monoisotopic (exact) mass is 264 g/mol. The quantitative estimate of drug-likeness (QED) is 0.803. The predicted molar refractivity (Wildman–Crippen MR) is 63.0 cm³/mol. The SMILES string of the molecule is CC(C)(C)OC(=O)N[C@@H](CO)[C@@H]1CC(Cl)=NO1. The lowest BCUT2D eigenvalue weighted by atomic mass is 10.1. The van der Waals surface area contributed by atoms with Gasteiger partial charge in [0, 0.05) is 6.42 Å². The van der Waals surface area contributed by atoms with Crippen LogP contribution in [0.4, 0.5) is 4.79 Å². The molecule has 1 aliphatic rings. The first-order valence-corrected chi connectivity index (χ1v) is 5.68. The van der Waals surface area contributed by atoms with Crippen molar-refractivity contribution in [3.8, 4) is 0 Å². The van der Waals surface area contributed by atoms with Gasteiger partial charge in [0.25, 0.3) is 0 Å². The van der Waals surface area contributed by atoms with E-state index < -0.39 is 23.8 Å². The Hall–Kier alpha value is -1.01. The van der Waals surface area contributed by atoms with Crippen LogP contribution in [-0.4, -0.2) is 40.7 Å². The molecule has 0 unspecified atom stereocenters. The lowest BCUT2D eigenvalue weighted by molar-refractivity contribution is 0.0178. The van der Waals surface area contributed by atoms with Gasteiger partial charge in [-0.1, -0.05) is 16.8 Å². The fourth-order valence-corrected chi connectivity index (χ4v) is 1.49. The molecule has 7 heteroatoms. The number of oxime groups is 1. The molecule has 2 atom stereocenters. The maximum Gasteiger partial charge on any atom is 0.408 e. The molecule has 0 saturated carbocycles. The van der Waals surface area contributed by atoms with Gasteiger partial charge in [-0.25, -0.2) is 4.79 Å². The summed E-state index contributed by atoms with van der Waals surface area (Å²) in [6.07, 6.45) is -0.703. The molecule has 0 aromatic rings. The Kier molecular flexibility index (Phi) is 4.59. The highest BCUT2D eigenvalue weighted by Crippen LogP contribution is 2.16. The van der Waals surface area contributed by atoms with E-state index in [0.29, 0.717) is 11.6 Å². The molecule has 0 saturated heterocycles. The molecule has 0 spiro atoms. The van der Waals surface area contributed by atoms with Crippen LogP contribution in [-0.2, 0) is 9.57 Å². The normalized spacial score (nSPS) is 21.5. The highest BCUT2D eigenvalue weighted by atomic mass is 35.5. The second-order valence-corrected chi connectivity index (χ2v) is 5.19. The van der Waals surface area contributed by atoms with Gasteiger partial charge >= 0.3 is 6.09 Å². The predicted octanol–water partition coefficient (Wildman–Crippen LogP) is 1.21. The fourth-order valence-electron chi connectivity index (χ4n) is 1.30. The highest BCUT2D eigenvalue weighted by molar-refractivity contribution is 6.65. The molecule has 0 aromatic heterocycles. The van der Waals surface area contributed by atoms with Crippen LogP contribution in [0.5, 0.6) is 0 Å². The summed E-state index contributed by atoms with van der Waals surface area (Å²) in [5.41, 5.74) is -0.589. The van der Waals surface area contributed by atoms with Crippen LogP contribution in [0.15, 0.2) is 5.16 Å². The average Bonchev–Trinajstić information content (AvgIpc) is 2.58. The van der Waals surface area contributed by atoms with Gasteiger partial charge in [0.15, 0.2) is 6.10 Å². The zero-order valence-corrected chi connectivity index (χ0v) is 10.8. The molecular weight excluding hydrogens is 248 g/mol. The zero-order chi connectivity index (χ0) is 13.1. The molecule has 0 aromatic carbocycles. The molecule has 0 bridgehead atoms. The second kappa shape index (κ2) is 5.55. The van der Waals surface area contributed by atoms with Crippen molar-refractivity contribution in [2.75, 3.05) is 6.61 Å². The summed E-state index contributed by atoms with van der Waals surface area (Å²) < 4.78 is 5.07. The summed E-state index contributed by atoms with van der Waals surface area (Å²) in [6, 6.07) is -0.593. The van der Waals surface area contributed by atoms with Crippen LogP contribution < -0.4 is 5.32 Å². The largest absolute Gasteiger partial charge is 0.444 e. The van der Waals surface area contributed by atoms with Crippen molar-refractivity contribution in [2.24, 2.45) is 5.16 Å². The third-order valence-electron chi connectivity index (χ3n) is 2.00. The summed E-state index contributed by atoms with van der Waals surface area (Å²) in [7, 11) is 0. The number of rotatable bonds is 3. The highest BCUT2D eigenvalue weighted by Gasteiger charge is 2.31. The summed E-state index contributed by atoms with van der Waals surface area (Å²) in [4.78, 5) is 16.5. The second-order valence-electron chi connectivity index (χ2n) is 4.75. The van der Waals surface area contributed by atoms with E-state index in [-0.39, 0.29) is 6.61 Å². The Morgan fingerprint density at radius 3 is 2.82 bits per heavy atom. The van der Waals surface area contributed by atoms with Gasteiger partial charge in [0.1, 0.15) is 10.8 Å². The molecule has 0 fully saturated rings. The van der Waals surface area contributed by atoms with E-state index in [1.54, 1.807) is 20.8 Å². The number of ether oxygens (including phenoxy) is 1. The summed E-state index contributed by atoms with van der Waals surface area (Å²) >= 11 is 5.65. The molecule has 2 N–H and O–H groups in total. The number of halogens is 1. The van der Waals surface area contributed by atoms with Gasteiger partial charge in [0.2, 0.25) is 0 Å². The number of amides is 1. The molecule has 1 aliphatic heterocycles. The Bertz CT molecular complexity index is 314. The molecule has 0 radical (unpaired) electrons. The van der Waals surface area contributed by atoms with Crippen molar-refractivity contribution in [3.63, 3.8) is 0 Å². The fraction of sp³-hybridized carbons (Fsp3) is 0.800. The van der Waals surface area contributed by atoms with Crippen LogP contribution in [0.2, 0.25) is 0 Å². The van der Waals surface area contributed by atoms with Gasteiger partial charge in [-0.2, -0.15) is 0 Å². The smallest absolute Gasteiger partial charge is 0.408 e. The molecule has 1 amide bonds. The number of aliphatic hydroxyl groups is 1. The first-order valence-electron chi connectivity index (χ1n) is 5.30. The van der Waals surface area contributed by atoms with Gasteiger partial charge in [0.05, 0.1) is 12.6 Å². The van der Waals surface area contributed by atoms with Gasteiger partial charge in [-0.15, -0.1) is 0 Å². The van der Waals surface area contributed by atoms with Crippen molar-refractivity contribution in [3.05, 3.63) is 0 Å². The Morgan fingerprint density at radius 2 is 2.41 bits per heavy atom. The van der Waals surface area contributed by atoms with E-state index in [1.165, 1.54) is 0 Å². The number of carbonyl (C=O) groups excluding carboxylic acids is 1. The third-order valence-corrected chi connectivity index (χ3v) is 2.23. The first-order chi connectivity index (χ1) is 7.81. The van der Waals surface area contributed by atoms with Gasteiger partial charge in [-0.05, 0) is 20.8 Å². The minimum absolute atomic E-state index is 0.274. The van der Waals surface area contributed by atoms with Crippen molar-refractivity contribution < 1.29 is 19.5 Å². The molecule has 98 valence electrons. The van der Waals surface area contributed by atoms with Crippen LogP contribution in [0.25, 0.3) is 0 Å². The van der Waals surface area contributed by atoms with Crippen molar-refractivity contribution in [1.82, 2.24) is 5.32 Å². The van der Waals surface area contributed by atoms with Crippen molar-refractivity contribution in [2.45, 2.75) is 44.9 Å². The summed E-state index contributed by atoms with van der Waals surface area (Å²) in [5.74, 6) is 0. The Labute approximate surface area is 105 Å². The number of carbonyl (C=O) groups is 1. The lowest BCUT2D eigenvalue weighted by Gasteiger charge is -2.24. The number of hydrogen-bond donors (Lipinski definition) is 2. The van der Waals surface area contributed by atoms with Crippen LogP contribution in [0.1, 0.15) is 27.2 Å². The van der Waals surface area contributed by atoms with E-state index in [4.69, 9.17) is 21.2 Å². The van der Waals surface area contributed by atoms with Crippen molar-refractivity contribution >= 4 is 22.9 Å². The average molecular weight is 265 g/mol. The third kappa shape index (κ3) is 4.79. The maximum atomic E-state index is 11.5. The molecule has 0 aliphatic carbocycles. The first kappa shape index (κ1) is 14.1. The van der Waals surface area contributed by atoms with Gasteiger partial charge in [-0.3, -0.25) is 0 Å². The number of alkyl carbamates (subject to hydrolysis) is 1. The lowest BCUT2D eigenvalue weighted by Crippen LogP contribution is -2.47. The maximum absolute atomic E-state index is 11.5. The van der Waals surface area contributed by atoms with Crippen LogP contribution in [0, 0.1) is 0 Å². The van der Waals surface area contributed by atoms with E-state index >= 15 is 0 Å². The minimum Gasteiger partial charge on any atom is -0.444 e. The number of hydrogen-bond acceptors (Lipinski definition) is 5. The standard InChI is InChI=1S/C10H17ClN2O4/c1-10(2,3)16-9(15)12-6(5-14)7-4-8(11)13-17-7/h6-7,14H,4-5H2,1-3H3,(H,12,15)/t6-,7-/m0/s1. The minimum atomic E-state index is -0.608.